The second-order valence-corrected chi connectivity index (χ2v) is 4.15. The second-order valence-electron chi connectivity index (χ2n) is 4.15. The lowest BCUT2D eigenvalue weighted by atomic mass is 10.2. The predicted octanol–water partition coefficient (Wildman–Crippen LogP) is 2.79. The molecule has 0 heterocycles. The highest BCUT2D eigenvalue weighted by Gasteiger charge is 2.10. The summed E-state index contributed by atoms with van der Waals surface area (Å²) in [4.78, 5) is 23.3. The topological polar surface area (TPSA) is 58.2 Å². The summed E-state index contributed by atoms with van der Waals surface area (Å²) in [6, 6.07) is 14.3. The van der Waals surface area contributed by atoms with E-state index in [1.807, 2.05) is 6.07 Å². The number of anilines is 2. The van der Waals surface area contributed by atoms with Crippen LogP contribution in [0.25, 0.3) is 0 Å². The van der Waals surface area contributed by atoms with Crippen molar-refractivity contribution in [2.24, 2.45) is 0 Å². The number of para-hydroxylation sites is 1. The Morgan fingerprint density at radius 3 is 2.10 bits per heavy atom. The van der Waals surface area contributed by atoms with Gasteiger partial charge < -0.3 is 10.6 Å². The fourth-order valence-electron chi connectivity index (χ4n) is 1.64. The molecule has 2 N–H and O–H groups in total. The number of amides is 2. The highest BCUT2D eigenvalue weighted by atomic mass is 19.1. The lowest BCUT2D eigenvalue weighted by Crippen LogP contribution is -2.21. The summed E-state index contributed by atoms with van der Waals surface area (Å²) in [6.07, 6.45) is -0.328. The van der Waals surface area contributed by atoms with E-state index in [4.69, 9.17) is 0 Å². The van der Waals surface area contributed by atoms with Crippen LogP contribution in [0.1, 0.15) is 6.42 Å². The van der Waals surface area contributed by atoms with E-state index in [-0.39, 0.29) is 6.42 Å². The Kier molecular flexibility index (Phi) is 4.44. The van der Waals surface area contributed by atoms with Gasteiger partial charge in [-0.15, -0.1) is 0 Å². The molecule has 0 aromatic heterocycles. The van der Waals surface area contributed by atoms with Crippen LogP contribution in [0.2, 0.25) is 0 Å². The monoisotopic (exact) mass is 272 g/mol. The zero-order chi connectivity index (χ0) is 14.4. The molecule has 2 amide bonds. The van der Waals surface area contributed by atoms with Crippen LogP contribution in [0.3, 0.4) is 0 Å². The molecular weight excluding hydrogens is 259 g/mol. The smallest absolute Gasteiger partial charge is 0.233 e. The van der Waals surface area contributed by atoms with Gasteiger partial charge in [-0.25, -0.2) is 4.39 Å². The molecule has 0 spiro atoms. The van der Waals surface area contributed by atoms with Crippen molar-refractivity contribution < 1.29 is 14.0 Å². The van der Waals surface area contributed by atoms with Gasteiger partial charge in [-0.2, -0.15) is 0 Å². The Hall–Kier alpha value is -2.69. The van der Waals surface area contributed by atoms with Crippen LogP contribution in [0.5, 0.6) is 0 Å². The van der Waals surface area contributed by atoms with Crippen LogP contribution < -0.4 is 10.6 Å². The number of halogens is 1. The molecule has 2 rings (SSSR count). The molecule has 4 nitrogen and oxygen atoms in total. The third kappa shape index (κ3) is 4.20. The van der Waals surface area contributed by atoms with Gasteiger partial charge in [0.15, 0.2) is 0 Å². The van der Waals surface area contributed by atoms with Gasteiger partial charge in [0.2, 0.25) is 11.8 Å². The Morgan fingerprint density at radius 1 is 0.850 bits per heavy atom. The second kappa shape index (κ2) is 6.47. The first-order chi connectivity index (χ1) is 9.63. The molecule has 0 unspecified atom stereocenters. The van der Waals surface area contributed by atoms with Crippen molar-refractivity contribution >= 4 is 23.2 Å². The first-order valence-corrected chi connectivity index (χ1v) is 6.04. The van der Waals surface area contributed by atoms with Crippen molar-refractivity contribution in [2.75, 3.05) is 10.6 Å². The van der Waals surface area contributed by atoms with Crippen LogP contribution in [-0.4, -0.2) is 11.8 Å². The Balaban J connectivity index is 1.87. The SMILES string of the molecule is O=C(CC(=O)Nc1cccc(F)c1)Nc1ccccc1. The zero-order valence-electron chi connectivity index (χ0n) is 10.6. The minimum absolute atomic E-state index is 0.322. The third-order valence-corrected chi connectivity index (χ3v) is 2.49. The van der Waals surface area contributed by atoms with E-state index >= 15 is 0 Å². The van der Waals surface area contributed by atoms with Crippen LogP contribution in [0.15, 0.2) is 54.6 Å². The summed E-state index contributed by atoms with van der Waals surface area (Å²) < 4.78 is 12.9. The molecule has 102 valence electrons. The molecule has 0 aliphatic rings. The Labute approximate surface area is 115 Å². The molecule has 0 saturated carbocycles. The maximum absolute atomic E-state index is 12.9. The standard InChI is InChI=1S/C15H13FN2O2/c16-11-5-4-8-13(9-11)18-15(20)10-14(19)17-12-6-2-1-3-7-12/h1-9H,10H2,(H,17,19)(H,18,20). The third-order valence-electron chi connectivity index (χ3n) is 2.49. The number of nitrogens with one attached hydrogen (secondary N) is 2. The Bertz CT molecular complexity index is 614. The number of carbonyl (C=O) groups excluding carboxylic acids is 2. The molecule has 0 fully saturated rings. The quantitative estimate of drug-likeness (QED) is 0.841. The van der Waals surface area contributed by atoms with Crippen molar-refractivity contribution in [3.63, 3.8) is 0 Å². The van der Waals surface area contributed by atoms with E-state index in [0.29, 0.717) is 11.4 Å². The van der Waals surface area contributed by atoms with Crippen molar-refractivity contribution in [3.8, 4) is 0 Å². The fraction of sp³-hybridized carbons (Fsp3) is 0.0667. The van der Waals surface area contributed by atoms with E-state index in [1.165, 1.54) is 18.2 Å². The molecule has 0 bridgehead atoms. The van der Waals surface area contributed by atoms with Gasteiger partial charge in [-0.1, -0.05) is 24.3 Å². The van der Waals surface area contributed by atoms with Crippen molar-refractivity contribution in [1.29, 1.82) is 0 Å². The summed E-state index contributed by atoms with van der Waals surface area (Å²) in [5.74, 6) is -1.37. The molecule has 5 heteroatoms. The van der Waals surface area contributed by atoms with E-state index in [2.05, 4.69) is 10.6 Å². The van der Waals surface area contributed by atoms with Gasteiger partial charge in [0.25, 0.3) is 0 Å². The Morgan fingerprint density at radius 2 is 1.45 bits per heavy atom. The predicted molar refractivity (Wildman–Crippen MR) is 74.7 cm³/mol. The minimum Gasteiger partial charge on any atom is -0.326 e. The normalized spacial score (nSPS) is 9.85. The van der Waals surface area contributed by atoms with Crippen LogP contribution >= 0.6 is 0 Å². The highest BCUT2D eigenvalue weighted by molar-refractivity contribution is 6.08. The summed E-state index contributed by atoms with van der Waals surface area (Å²) >= 11 is 0. The first-order valence-electron chi connectivity index (χ1n) is 6.04. The van der Waals surface area contributed by atoms with Gasteiger partial charge in [0.1, 0.15) is 12.2 Å². The summed E-state index contributed by atoms with van der Waals surface area (Å²) in [7, 11) is 0. The number of hydrogen-bond acceptors (Lipinski definition) is 2. The van der Waals surface area contributed by atoms with Crippen LogP contribution in [0, 0.1) is 5.82 Å². The number of rotatable bonds is 4. The molecule has 2 aromatic rings. The van der Waals surface area contributed by atoms with Gasteiger partial charge in [0.05, 0.1) is 0 Å². The average Bonchev–Trinajstić information content (AvgIpc) is 2.39. The van der Waals surface area contributed by atoms with Crippen molar-refractivity contribution in [3.05, 3.63) is 60.4 Å². The summed E-state index contributed by atoms with van der Waals surface area (Å²) in [6.45, 7) is 0. The van der Waals surface area contributed by atoms with Gasteiger partial charge in [0, 0.05) is 11.4 Å². The highest BCUT2D eigenvalue weighted by Crippen LogP contribution is 2.10. The molecular formula is C15H13FN2O2. The van der Waals surface area contributed by atoms with Crippen molar-refractivity contribution in [2.45, 2.75) is 6.42 Å². The average molecular weight is 272 g/mol. The molecule has 20 heavy (non-hydrogen) atoms. The van der Waals surface area contributed by atoms with Gasteiger partial charge in [-0.05, 0) is 30.3 Å². The molecule has 0 aliphatic heterocycles. The fourth-order valence-corrected chi connectivity index (χ4v) is 1.64. The zero-order valence-corrected chi connectivity index (χ0v) is 10.6. The van der Waals surface area contributed by atoms with E-state index < -0.39 is 17.6 Å². The van der Waals surface area contributed by atoms with E-state index in [0.717, 1.165) is 0 Å². The maximum Gasteiger partial charge on any atom is 0.233 e. The van der Waals surface area contributed by atoms with Gasteiger partial charge >= 0.3 is 0 Å². The molecule has 0 aliphatic carbocycles. The number of carbonyl (C=O) groups is 2. The first kappa shape index (κ1) is 13.7. The van der Waals surface area contributed by atoms with Crippen LogP contribution in [0.4, 0.5) is 15.8 Å². The van der Waals surface area contributed by atoms with E-state index in [1.54, 1.807) is 30.3 Å². The number of hydrogen-bond donors (Lipinski definition) is 2. The largest absolute Gasteiger partial charge is 0.326 e. The lowest BCUT2D eigenvalue weighted by Gasteiger charge is -2.06. The molecule has 0 atom stereocenters. The van der Waals surface area contributed by atoms with Gasteiger partial charge in [-0.3, -0.25) is 9.59 Å². The maximum atomic E-state index is 12.9. The van der Waals surface area contributed by atoms with E-state index in [9.17, 15) is 14.0 Å². The summed E-state index contributed by atoms with van der Waals surface area (Å²) in [5, 5.41) is 5.06. The minimum atomic E-state index is -0.496. The number of benzene rings is 2. The summed E-state index contributed by atoms with van der Waals surface area (Å²) in [5.41, 5.74) is 0.943. The molecule has 2 aromatic carbocycles. The van der Waals surface area contributed by atoms with Crippen LogP contribution in [-0.2, 0) is 9.59 Å². The lowest BCUT2D eigenvalue weighted by molar-refractivity contribution is -0.123. The molecule has 0 saturated heterocycles. The van der Waals surface area contributed by atoms with Crippen molar-refractivity contribution in [1.82, 2.24) is 0 Å². The molecule has 0 radical (unpaired) electrons.